The Morgan fingerprint density at radius 3 is 2.82 bits per heavy atom. The number of aromatic nitrogens is 3. The third-order valence-electron chi connectivity index (χ3n) is 2.27. The van der Waals surface area contributed by atoms with Crippen molar-refractivity contribution in [2.24, 2.45) is 5.73 Å². The van der Waals surface area contributed by atoms with Crippen molar-refractivity contribution in [3.05, 3.63) is 35.9 Å². The van der Waals surface area contributed by atoms with Gasteiger partial charge in [0.1, 0.15) is 0 Å². The first kappa shape index (κ1) is 11.8. The summed E-state index contributed by atoms with van der Waals surface area (Å²) in [5.74, 6) is 0. The molecule has 0 aliphatic carbocycles. The van der Waals surface area contributed by atoms with Gasteiger partial charge in [-0.05, 0) is 6.07 Å². The molecule has 0 spiro atoms. The molecule has 0 saturated heterocycles. The molecule has 2 aromatic heterocycles. The number of nitrogens with two attached hydrogens (primary N) is 1. The zero-order chi connectivity index (χ0) is 12.3. The van der Waals surface area contributed by atoms with Gasteiger partial charge in [0.25, 0.3) is 0 Å². The molecule has 7 nitrogen and oxygen atoms in total. The summed E-state index contributed by atoms with van der Waals surface area (Å²) in [6.07, 6.45) is 4.61. The quantitative estimate of drug-likeness (QED) is 0.585. The fourth-order valence-electron chi connectivity index (χ4n) is 1.33. The van der Waals surface area contributed by atoms with E-state index in [4.69, 9.17) is 5.73 Å². The molecule has 0 aromatic carbocycles. The molecule has 0 aliphatic heterocycles. The third kappa shape index (κ3) is 2.73. The summed E-state index contributed by atoms with van der Waals surface area (Å²) in [6.45, 7) is 0.471. The van der Waals surface area contributed by atoms with Crippen LogP contribution in [0.2, 0.25) is 0 Å². The molecule has 0 unspecified atom stereocenters. The van der Waals surface area contributed by atoms with Gasteiger partial charge in [0.15, 0.2) is 0 Å². The molecule has 0 amide bonds. The summed E-state index contributed by atoms with van der Waals surface area (Å²) in [4.78, 5) is 2.97. The highest BCUT2D eigenvalue weighted by atomic mass is 32.2. The lowest BCUT2D eigenvalue weighted by molar-refractivity contribution is 0.581. The number of nitrogens with zero attached hydrogens (tertiary/aromatic N) is 1. The van der Waals surface area contributed by atoms with E-state index in [1.54, 1.807) is 12.4 Å². The Balaban J connectivity index is 2.08. The molecule has 0 saturated carbocycles. The molecule has 0 atom stereocenters. The fraction of sp³-hybridized carbons (Fsp3) is 0.222. The van der Waals surface area contributed by atoms with Gasteiger partial charge in [-0.25, -0.2) is 13.1 Å². The summed E-state index contributed by atoms with van der Waals surface area (Å²) >= 11 is 0. The minimum absolute atomic E-state index is 0.182. The summed E-state index contributed by atoms with van der Waals surface area (Å²) in [5.41, 5.74) is 6.84. The van der Waals surface area contributed by atoms with E-state index in [1.807, 2.05) is 0 Å². The van der Waals surface area contributed by atoms with E-state index in [9.17, 15) is 8.42 Å². The molecule has 0 bridgehead atoms. The van der Waals surface area contributed by atoms with Crippen molar-refractivity contribution in [1.82, 2.24) is 19.9 Å². The Hall–Kier alpha value is -1.64. The van der Waals surface area contributed by atoms with E-state index in [2.05, 4.69) is 19.9 Å². The molecule has 0 fully saturated rings. The van der Waals surface area contributed by atoms with Gasteiger partial charge in [0.2, 0.25) is 10.0 Å². The van der Waals surface area contributed by atoms with Gasteiger partial charge in [0.05, 0.1) is 11.1 Å². The van der Waals surface area contributed by atoms with Crippen molar-refractivity contribution in [3.8, 4) is 0 Å². The van der Waals surface area contributed by atoms with Gasteiger partial charge in [-0.1, -0.05) is 0 Å². The fourth-order valence-corrected chi connectivity index (χ4v) is 2.36. The van der Waals surface area contributed by atoms with Crippen molar-refractivity contribution < 1.29 is 8.42 Å². The number of hydrogen-bond acceptors (Lipinski definition) is 4. The molecule has 2 aromatic rings. The van der Waals surface area contributed by atoms with Crippen LogP contribution in [0.4, 0.5) is 0 Å². The second-order valence-corrected chi connectivity index (χ2v) is 5.26. The maximum absolute atomic E-state index is 11.9. The third-order valence-corrected chi connectivity index (χ3v) is 3.65. The maximum atomic E-state index is 11.9. The maximum Gasteiger partial charge on any atom is 0.242 e. The number of sulfonamides is 1. The second-order valence-electron chi connectivity index (χ2n) is 3.50. The standard InChI is InChI=1S/C9H13N5O2S/c10-2-8-1-9(6-11-8)17(15,16)14-5-7-3-12-13-4-7/h1,3-4,6,11,14H,2,5,10H2,(H,12,13). The van der Waals surface area contributed by atoms with Gasteiger partial charge in [0, 0.05) is 36.7 Å². The van der Waals surface area contributed by atoms with Gasteiger partial charge < -0.3 is 10.7 Å². The number of H-pyrrole nitrogens is 2. The average molecular weight is 255 g/mol. The number of hydrogen-bond donors (Lipinski definition) is 4. The topological polar surface area (TPSA) is 117 Å². The van der Waals surface area contributed by atoms with Crippen LogP contribution >= 0.6 is 0 Å². The molecule has 92 valence electrons. The predicted octanol–water partition coefficient (Wildman–Crippen LogP) is -0.325. The van der Waals surface area contributed by atoms with Crippen molar-refractivity contribution >= 4 is 10.0 Å². The Morgan fingerprint density at radius 1 is 1.41 bits per heavy atom. The largest absolute Gasteiger partial charge is 0.363 e. The van der Waals surface area contributed by atoms with Crippen LogP contribution in [0.3, 0.4) is 0 Å². The zero-order valence-corrected chi connectivity index (χ0v) is 9.79. The Kier molecular flexibility index (Phi) is 3.27. The van der Waals surface area contributed by atoms with Crippen LogP contribution in [0.1, 0.15) is 11.3 Å². The summed E-state index contributed by atoms with van der Waals surface area (Å²) < 4.78 is 26.2. The lowest BCUT2D eigenvalue weighted by Crippen LogP contribution is -2.22. The highest BCUT2D eigenvalue weighted by Crippen LogP contribution is 2.10. The van der Waals surface area contributed by atoms with Crippen LogP contribution in [-0.2, 0) is 23.1 Å². The highest BCUT2D eigenvalue weighted by Gasteiger charge is 2.15. The molecule has 17 heavy (non-hydrogen) atoms. The molecule has 2 heterocycles. The van der Waals surface area contributed by atoms with Crippen LogP contribution in [0.25, 0.3) is 0 Å². The first-order valence-corrected chi connectivity index (χ1v) is 6.45. The molecule has 8 heteroatoms. The van der Waals surface area contributed by atoms with E-state index >= 15 is 0 Å². The summed E-state index contributed by atoms with van der Waals surface area (Å²) in [7, 11) is -3.50. The SMILES string of the molecule is NCc1cc(S(=O)(=O)NCc2cn[nH]c2)c[nH]1. The van der Waals surface area contributed by atoms with Gasteiger partial charge in [-0.2, -0.15) is 5.10 Å². The first-order chi connectivity index (χ1) is 8.12. The van der Waals surface area contributed by atoms with Crippen LogP contribution in [0.15, 0.2) is 29.6 Å². The normalized spacial score (nSPS) is 11.8. The molecule has 5 N–H and O–H groups in total. The summed E-state index contributed by atoms with van der Waals surface area (Å²) in [6, 6.07) is 1.51. The van der Waals surface area contributed by atoms with Crippen molar-refractivity contribution in [2.75, 3.05) is 0 Å². The van der Waals surface area contributed by atoms with Crippen LogP contribution in [0, 0.1) is 0 Å². The van der Waals surface area contributed by atoms with Gasteiger partial charge in [-0.3, -0.25) is 5.10 Å². The molecule has 2 rings (SSSR count). The lowest BCUT2D eigenvalue weighted by atomic mass is 10.4. The van der Waals surface area contributed by atoms with Crippen LogP contribution in [-0.4, -0.2) is 23.6 Å². The van der Waals surface area contributed by atoms with Crippen LogP contribution in [0.5, 0.6) is 0 Å². The van der Waals surface area contributed by atoms with Crippen LogP contribution < -0.4 is 10.5 Å². The van der Waals surface area contributed by atoms with Crippen molar-refractivity contribution in [1.29, 1.82) is 0 Å². The number of rotatable bonds is 5. The van der Waals surface area contributed by atoms with E-state index in [0.29, 0.717) is 5.69 Å². The summed E-state index contributed by atoms with van der Waals surface area (Å²) in [5, 5.41) is 6.34. The lowest BCUT2D eigenvalue weighted by Gasteiger charge is -2.02. The van der Waals surface area contributed by atoms with Gasteiger partial charge in [-0.15, -0.1) is 0 Å². The van der Waals surface area contributed by atoms with E-state index in [-0.39, 0.29) is 18.0 Å². The average Bonchev–Trinajstić information content (AvgIpc) is 2.98. The first-order valence-electron chi connectivity index (χ1n) is 4.96. The highest BCUT2D eigenvalue weighted by molar-refractivity contribution is 7.89. The second kappa shape index (κ2) is 4.70. The molecule has 0 radical (unpaired) electrons. The zero-order valence-electron chi connectivity index (χ0n) is 8.97. The minimum Gasteiger partial charge on any atom is -0.363 e. The molecule has 0 aliphatic rings. The Bertz CT molecular complexity index is 572. The van der Waals surface area contributed by atoms with Crippen molar-refractivity contribution in [2.45, 2.75) is 18.0 Å². The van der Waals surface area contributed by atoms with E-state index in [0.717, 1.165) is 5.56 Å². The van der Waals surface area contributed by atoms with E-state index < -0.39 is 10.0 Å². The molecular weight excluding hydrogens is 242 g/mol. The smallest absolute Gasteiger partial charge is 0.242 e. The minimum atomic E-state index is -3.50. The van der Waals surface area contributed by atoms with E-state index in [1.165, 1.54) is 12.3 Å². The predicted molar refractivity (Wildman–Crippen MR) is 61.3 cm³/mol. The number of aromatic amines is 2. The van der Waals surface area contributed by atoms with Gasteiger partial charge >= 0.3 is 0 Å². The number of nitrogens with one attached hydrogen (secondary N) is 3. The Labute approximate surface area is 98.5 Å². The van der Waals surface area contributed by atoms with Crippen molar-refractivity contribution in [3.63, 3.8) is 0 Å². The molecular formula is C9H13N5O2S. The monoisotopic (exact) mass is 255 g/mol. The Morgan fingerprint density at radius 2 is 2.24 bits per heavy atom.